The van der Waals surface area contributed by atoms with Crippen LogP contribution in [0.25, 0.3) is 0 Å². The molecule has 88 valence electrons. The third kappa shape index (κ3) is 3.30. The molecular formula is C13H17Br2N. The average Bonchev–Trinajstić information content (AvgIpc) is 2.82. The molecule has 1 heterocycles. The van der Waals surface area contributed by atoms with E-state index < -0.39 is 0 Å². The zero-order chi connectivity index (χ0) is 11.4. The Bertz CT molecular complexity index is 317. The second-order valence-corrected chi connectivity index (χ2v) is 6.19. The van der Waals surface area contributed by atoms with Crippen molar-refractivity contribution in [2.75, 3.05) is 5.33 Å². The molecule has 1 fully saturated rings. The van der Waals surface area contributed by atoms with Crippen molar-refractivity contribution in [1.29, 1.82) is 0 Å². The minimum absolute atomic E-state index is 0.760. The summed E-state index contributed by atoms with van der Waals surface area (Å²) in [6.07, 6.45) is 8.67. The quantitative estimate of drug-likeness (QED) is 0.726. The van der Waals surface area contributed by atoms with Crippen molar-refractivity contribution in [1.82, 2.24) is 4.98 Å². The first kappa shape index (κ1) is 12.6. The lowest BCUT2D eigenvalue weighted by Gasteiger charge is -2.20. The fraction of sp³-hybridized carbons (Fsp3) is 0.615. The molecule has 1 aliphatic carbocycles. The van der Waals surface area contributed by atoms with Crippen LogP contribution in [0, 0.1) is 11.8 Å². The standard InChI is InChI=1S/C13H17Br2N/c14-8-11(10-3-1-2-4-10)7-13-6-5-12(15)9-16-13/h5-6,9-11H,1-4,7-8H2. The topological polar surface area (TPSA) is 12.9 Å². The number of hydrogen-bond acceptors (Lipinski definition) is 1. The number of nitrogens with zero attached hydrogens (tertiary/aromatic N) is 1. The molecule has 2 rings (SSSR count). The largest absolute Gasteiger partial charge is 0.260 e. The van der Waals surface area contributed by atoms with Crippen LogP contribution in [0.3, 0.4) is 0 Å². The number of hydrogen-bond donors (Lipinski definition) is 0. The van der Waals surface area contributed by atoms with Gasteiger partial charge in [0.15, 0.2) is 0 Å². The Morgan fingerprint density at radius 1 is 1.31 bits per heavy atom. The molecule has 1 saturated carbocycles. The molecule has 1 aliphatic rings. The van der Waals surface area contributed by atoms with Gasteiger partial charge in [0.25, 0.3) is 0 Å². The van der Waals surface area contributed by atoms with Gasteiger partial charge in [-0.1, -0.05) is 41.6 Å². The third-order valence-electron chi connectivity index (χ3n) is 3.52. The maximum Gasteiger partial charge on any atom is 0.0413 e. The van der Waals surface area contributed by atoms with Crippen LogP contribution in [0.5, 0.6) is 0 Å². The van der Waals surface area contributed by atoms with E-state index in [2.05, 4.69) is 49.0 Å². The van der Waals surface area contributed by atoms with Gasteiger partial charge in [0.2, 0.25) is 0 Å². The molecule has 0 N–H and O–H groups in total. The van der Waals surface area contributed by atoms with Gasteiger partial charge in [-0.2, -0.15) is 0 Å². The predicted octanol–water partition coefficient (Wildman–Crippen LogP) is 4.59. The fourth-order valence-corrected chi connectivity index (χ4v) is 3.56. The van der Waals surface area contributed by atoms with Gasteiger partial charge in [-0.05, 0) is 46.3 Å². The Morgan fingerprint density at radius 3 is 2.62 bits per heavy atom. The van der Waals surface area contributed by atoms with Gasteiger partial charge in [-0.3, -0.25) is 4.98 Å². The predicted molar refractivity (Wildman–Crippen MR) is 74.9 cm³/mol. The van der Waals surface area contributed by atoms with Crippen molar-refractivity contribution in [3.63, 3.8) is 0 Å². The van der Waals surface area contributed by atoms with Gasteiger partial charge in [-0.15, -0.1) is 0 Å². The van der Waals surface area contributed by atoms with E-state index in [9.17, 15) is 0 Å². The molecule has 0 radical (unpaired) electrons. The molecule has 0 aliphatic heterocycles. The van der Waals surface area contributed by atoms with E-state index >= 15 is 0 Å². The van der Waals surface area contributed by atoms with Gasteiger partial charge < -0.3 is 0 Å². The Hall–Kier alpha value is 0.110. The zero-order valence-electron chi connectivity index (χ0n) is 9.33. The normalized spacial score (nSPS) is 18.9. The van der Waals surface area contributed by atoms with Crippen molar-refractivity contribution < 1.29 is 0 Å². The summed E-state index contributed by atoms with van der Waals surface area (Å²) < 4.78 is 1.06. The lowest BCUT2D eigenvalue weighted by molar-refractivity contribution is 0.370. The highest BCUT2D eigenvalue weighted by atomic mass is 79.9. The molecule has 3 heteroatoms. The van der Waals surface area contributed by atoms with E-state index in [-0.39, 0.29) is 0 Å². The summed E-state index contributed by atoms with van der Waals surface area (Å²) in [4.78, 5) is 4.47. The molecule has 0 spiro atoms. The van der Waals surface area contributed by atoms with Gasteiger partial charge in [-0.25, -0.2) is 0 Å². The molecule has 0 bridgehead atoms. The first-order valence-corrected chi connectivity index (χ1v) is 7.87. The smallest absolute Gasteiger partial charge is 0.0413 e. The second-order valence-electron chi connectivity index (χ2n) is 4.63. The molecule has 0 amide bonds. The first-order chi connectivity index (χ1) is 7.79. The molecule has 1 aromatic heterocycles. The van der Waals surface area contributed by atoms with Crippen molar-refractivity contribution >= 4 is 31.9 Å². The summed E-state index contributed by atoms with van der Waals surface area (Å²) in [6, 6.07) is 4.22. The Morgan fingerprint density at radius 2 is 2.06 bits per heavy atom. The lowest BCUT2D eigenvalue weighted by atomic mass is 9.88. The van der Waals surface area contributed by atoms with E-state index in [0.717, 1.165) is 28.1 Å². The molecule has 1 nitrogen and oxygen atoms in total. The summed E-state index contributed by atoms with van der Waals surface area (Å²) in [7, 11) is 0. The minimum atomic E-state index is 0.760. The monoisotopic (exact) mass is 345 g/mol. The molecule has 0 aromatic carbocycles. The second kappa shape index (κ2) is 6.15. The maximum atomic E-state index is 4.47. The van der Waals surface area contributed by atoms with Gasteiger partial charge in [0.1, 0.15) is 0 Å². The molecule has 1 atom stereocenters. The third-order valence-corrected chi connectivity index (χ3v) is 4.83. The van der Waals surface area contributed by atoms with Crippen molar-refractivity contribution in [2.24, 2.45) is 11.8 Å². The van der Waals surface area contributed by atoms with Crippen LogP contribution in [0.4, 0.5) is 0 Å². The number of rotatable bonds is 4. The summed E-state index contributed by atoms with van der Waals surface area (Å²) in [5.41, 5.74) is 1.22. The van der Waals surface area contributed by atoms with Crippen LogP contribution in [0.15, 0.2) is 22.8 Å². The van der Waals surface area contributed by atoms with Gasteiger partial charge in [0.05, 0.1) is 0 Å². The van der Waals surface area contributed by atoms with E-state index in [0.29, 0.717) is 0 Å². The number of pyridine rings is 1. The lowest BCUT2D eigenvalue weighted by Crippen LogP contribution is -2.16. The average molecular weight is 347 g/mol. The Kier molecular flexibility index (Phi) is 4.83. The van der Waals surface area contributed by atoms with Crippen LogP contribution in [0.1, 0.15) is 31.4 Å². The highest BCUT2D eigenvalue weighted by Gasteiger charge is 2.24. The first-order valence-electron chi connectivity index (χ1n) is 5.96. The van der Waals surface area contributed by atoms with E-state index in [1.807, 2.05) is 6.20 Å². The molecule has 16 heavy (non-hydrogen) atoms. The Balaban J connectivity index is 1.97. The molecule has 1 unspecified atom stereocenters. The SMILES string of the molecule is BrCC(Cc1ccc(Br)cn1)C1CCCC1. The van der Waals surface area contributed by atoms with Crippen LogP contribution >= 0.6 is 31.9 Å². The number of alkyl halides is 1. The highest BCUT2D eigenvalue weighted by Crippen LogP contribution is 2.34. The fourth-order valence-electron chi connectivity index (χ4n) is 2.57. The van der Waals surface area contributed by atoms with E-state index in [1.165, 1.54) is 31.4 Å². The summed E-state index contributed by atoms with van der Waals surface area (Å²) in [5, 5.41) is 1.11. The van der Waals surface area contributed by atoms with Crippen molar-refractivity contribution in [3.8, 4) is 0 Å². The van der Waals surface area contributed by atoms with Crippen LogP contribution in [-0.4, -0.2) is 10.3 Å². The van der Waals surface area contributed by atoms with Crippen molar-refractivity contribution in [3.05, 3.63) is 28.5 Å². The maximum absolute atomic E-state index is 4.47. The molecular weight excluding hydrogens is 330 g/mol. The van der Waals surface area contributed by atoms with Crippen LogP contribution in [-0.2, 0) is 6.42 Å². The summed E-state index contributed by atoms with van der Waals surface area (Å²) >= 11 is 7.08. The van der Waals surface area contributed by atoms with Crippen molar-refractivity contribution in [2.45, 2.75) is 32.1 Å². The van der Waals surface area contributed by atoms with Crippen LogP contribution in [0.2, 0.25) is 0 Å². The minimum Gasteiger partial charge on any atom is -0.260 e. The summed E-state index contributed by atoms with van der Waals surface area (Å²) in [5.74, 6) is 1.67. The van der Waals surface area contributed by atoms with Gasteiger partial charge >= 0.3 is 0 Å². The number of aromatic nitrogens is 1. The number of halogens is 2. The zero-order valence-corrected chi connectivity index (χ0v) is 12.5. The highest BCUT2D eigenvalue weighted by molar-refractivity contribution is 9.10. The van der Waals surface area contributed by atoms with Gasteiger partial charge in [0, 0.05) is 21.7 Å². The summed E-state index contributed by atoms with van der Waals surface area (Å²) in [6.45, 7) is 0. The Labute approximate surface area is 114 Å². The molecule has 0 saturated heterocycles. The van der Waals surface area contributed by atoms with Crippen LogP contribution < -0.4 is 0 Å². The molecule has 1 aromatic rings. The van der Waals surface area contributed by atoms with E-state index in [1.54, 1.807) is 0 Å². The van der Waals surface area contributed by atoms with E-state index in [4.69, 9.17) is 0 Å².